The number of aryl methyl sites for hydroxylation is 2. The third-order valence-corrected chi connectivity index (χ3v) is 2.77. The van der Waals surface area contributed by atoms with E-state index in [1.54, 1.807) is 11.9 Å². The van der Waals surface area contributed by atoms with Crippen LogP contribution < -0.4 is 15.0 Å². The van der Waals surface area contributed by atoms with Crippen LogP contribution in [0.1, 0.15) is 11.1 Å². The van der Waals surface area contributed by atoms with E-state index in [1.165, 1.54) is 0 Å². The van der Waals surface area contributed by atoms with Crippen LogP contribution in [0.25, 0.3) is 0 Å². The van der Waals surface area contributed by atoms with Gasteiger partial charge in [0.1, 0.15) is 5.75 Å². The van der Waals surface area contributed by atoms with E-state index in [2.05, 4.69) is 20.3 Å². The summed E-state index contributed by atoms with van der Waals surface area (Å²) in [6.07, 6.45) is 0. The highest BCUT2D eigenvalue weighted by molar-refractivity contribution is 5.40. The smallest absolute Gasteiger partial charge is 0.328 e. The Morgan fingerprint density at radius 2 is 1.85 bits per heavy atom. The standard InChI is InChI=1S/C14H19N5O/c1-9-6-7-10(2)11(8-9)20-14-17-12(15-3)16-13(18-14)19(4)5/h6-8H,1-5H3,(H,15,16,17,18). The highest BCUT2D eigenvalue weighted by Crippen LogP contribution is 2.25. The first-order chi connectivity index (χ1) is 9.49. The normalized spacial score (nSPS) is 10.2. The molecule has 0 fully saturated rings. The molecule has 0 saturated heterocycles. The number of hydrogen-bond donors (Lipinski definition) is 1. The molecular weight excluding hydrogens is 254 g/mol. The van der Waals surface area contributed by atoms with Crippen LogP contribution in [0.5, 0.6) is 11.8 Å². The van der Waals surface area contributed by atoms with E-state index >= 15 is 0 Å². The number of ether oxygens (including phenoxy) is 1. The molecule has 0 aliphatic carbocycles. The summed E-state index contributed by atoms with van der Waals surface area (Å²) in [7, 11) is 5.50. The molecule has 0 bridgehead atoms. The van der Waals surface area contributed by atoms with Crippen LogP contribution in [-0.4, -0.2) is 36.1 Å². The lowest BCUT2D eigenvalue weighted by Gasteiger charge is -2.13. The van der Waals surface area contributed by atoms with Crippen molar-refractivity contribution >= 4 is 11.9 Å². The van der Waals surface area contributed by atoms with E-state index < -0.39 is 0 Å². The van der Waals surface area contributed by atoms with Gasteiger partial charge >= 0.3 is 6.01 Å². The number of nitrogens with zero attached hydrogens (tertiary/aromatic N) is 4. The molecule has 6 heteroatoms. The van der Waals surface area contributed by atoms with Crippen molar-refractivity contribution in [3.05, 3.63) is 29.3 Å². The maximum absolute atomic E-state index is 5.79. The number of hydrogen-bond acceptors (Lipinski definition) is 6. The van der Waals surface area contributed by atoms with E-state index in [0.717, 1.165) is 16.9 Å². The maximum atomic E-state index is 5.79. The molecule has 0 amide bonds. The zero-order valence-corrected chi connectivity index (χ0v) is 12.4. The summed E-state index contributed by atoms with van der Waals surface area (Å²) in [4.78, 5) is 14.6. The molecule has 0 saturated carbocycles. The minimum Gasteiger partial charge on any atom is -0.424 e. The number of benzene rings is 1. The van der Waals surface area contributed by atoms with Crippen LogP contribution in [0.4, 0.5) is 11.9 Å². The highest BCUT2D eigenvalue weighted by atomic mass is 16.5. The van der Waals surface area contributed by atoms with Crippen molar-refractivity contribution in [3.63, 3.8) is 0 Å². The van der Waals surface area contributed by atoms with Gasteiger partial charge < -0.3 is 15.0 Å². The molecule has 0 radical (unpaired) electrons. The van der Waals surface area contributed by atoms with Crippen LogP contribution in [0.3, 0.4) is 0 Å². The van der Waals surface area contributed by atoms with Crippen molar-refractivity contribution in [3.8, 4) is 11.8 Å². The zero-order chi connectivity index (χ0) is 14.7. The van der Waals surface area contributed by atoms with E-state index in [1.807, 2.05) is 46.1 Å². The van der Waals surface area contributed by atoms with Gasteiger partial charge in [-0.05, 0) is 31.0 Å². The summed E-state index contributed by atoms with van der Waals surface area (Å²) in [6.45, 7) is 4.01. The fourth-order valence-corrected chi connectivity index (χ4v) is 1.62. The summed E-state index contributed by atoms with van der Waals surface area (Å²) in [5, 5.41) is 2.91. The lowest BCUT2D eigenvalue weighted by atomic mass is 10.1. The van der Waals surface area contributed by atoms with E-state index in [-0.39, 0.29) is 6.01 Å². The highest BCUT2D eigenvalue weighted by Gasteiger charge is 2.10. The molecule has 2 rings (SSSR count). The Hall–Kier alpha value is -2.37. The van der Waals surface area contributed by atoms with Crippen LogP contribution in [0.2, 0.25) is 0 Å². The van der Waals surface area contributed by atoms with Gasteiger partial charge in [-0.1, -0.05) is 12.1 Å². The Labute approximate surface area is 118 Å². The Balaban J connectivity index is 2.37. The third kappa shape index (κ3) is 3.14. The van der Waals surface area contributed by atoms with Crippen LogP contribution in [0.15, 0.2) is 18.2 Å². The van der Waals surface area contributed by atoms with Gasteiger partial charge in [0, 0.05) is 21.1 Å². The van der Waals surface area contributed by atoms with Crippen molar-refractivity contribution in [2.24, 2.45) is 0 Å². The van der Waals surface area contributed by atoms with Gasteiger partial charge in [0.25, 0.3) is 0 Å². The van der Waals surface area contributed by atoms with Crippen molar-refractivity contribution in [2.45, 2.75) is 13.8 Å². The molecule has 0 atom stereocenters. The number of nitrogens with one attached hydrogen (secondary N) is 1. The van der Waals surface area contributed by atoms with Gasteiger partial charge in [-0.3, -0.25) is 0 Å². The molecule has 1 heterocycles. The topological polar surface area (TPSA) is 63.2 Å². The molecular formula is C14H19N5O. The second-order valence-corrected chi connectivity index (χ2v) is 4.76. The average Bonchev–Trinajstić information content (AvgIpc) is 2.42. The summed E-state index contributed by atoms with van der Waals surface area (Å²) >= 11 is 0. The largest absolute Gasteiger partial charge is 0.424 e. The molecule has 2 aromatic rings. The molecule has 106 valence electrons. The molecule has 1 aromatic carbocycles. The first kappa shape index (κ1) is 14.0. The van der Waals surface area contributed by atoms with Crippen molar-refractivity contribution in [2.75, 3.05) is 31.4 Å². The SMILES string of the molecule is CNc1nc(Oc2cc(C)ccc2C)nc(N(C)C)n1. The van der Waals surface area contributed by atoms with Gasteiger partial charge in [0.2, 0.25) is 11.9 Å². The van der Waals surface area contributed by atoms with E-state index in [0.29, 0.717) is 11.9 Å². The molecule has 1 aromatic heterocycles. The zero-order valence-electron chi connectivity index (χ0n) is 12.4. The van der Waals surface area contributed by atoms with Crippen molar-refractivity contribution in [1.29, 1.82) is 0 Å². The Morgan fingerprint density at radius 3 is 2.50 bits per heavy atom. The van der Waals surface area contributed by atoms with Crippen LogP contribution >= 0.6 is 0 Å². The quantitative estimate of drug-likeness (QED) is 0.922. The molecule has 0 aliphatic heterocycles. The number of aromatic nitrogens is 3. The first-order valence-electron chi connectivity index (χ1n) is 6.36. The lowest BCUT2D eigenvalue weighted by molar-refractivity contribution is 0.437. The molecule has 0 spiro atoms. The van der Waals surface area contributed by atoms with E-state index in [9.17, 15) is 0 Å². The predicted octanol–water partition coefficient (Wildman–Crippen LogP) is 2.39. The number of anilines is 2. The molecule has 1 N–H and O–H groups in total. The fourth-order valence-electron chi connectivity index (χ4n) is 1.62. The average molecular weight is 273 g/mol. The second kappa shape index (κ2) is 5.73. The van der Waals surface area contributed by atoms with Crippen LogP contribution in [-0.2, 0) is 0 Å². The third-order valence-electron chi connectivity index (χ3n) is 2.77. The minimum absolute atomic E-state index is 0.279. The van der Waals surface area contributed by atoms with Crippen molar-refractivity contribution < 1.29 is 4.74 Å². The van der Waals surface area contributed by atoms with Gasteiger partial charge in [0.05, 0.1) is 0 Å². The second-order valence-electron chi connectivity index (χ2n) is 4.76. The predicted molar refractivity (Wildman–Crippen MR) is 79.7 cm³/mol. The fraction of sp³-hybridized carbons (Fsp3) is 0.357. The monoisotopic (exact) mass is 273 g/mol. The van der Waals surface area contributed by atoms with Crippen molar-refractivity contribution in [1.82, 2.24) is 15.0 Å². The van der Waals surface area contributed by atoms with Gasteiger partial charge in [-0.25, -0.2) is 0 Å². The minimum atomic E-state index is 0.279. The van der Waals surface area contributed by atoms with Crippen LogP contribution in [0, 0.1) is 13.8 Å². The summed E-state index contributed by atoms with van der Waals surface area (Å²) in [5.41, 5.74) is 2.16. The summed E-state index contributed by atoms with van der Waals surface area (Å²) in [6, 6.07) is 6.30. The maximum Gasteiger partial charge on any atom is 0.328 e. The molecule has 0 aliphatic rings. The Kier molecular flexibility index (Phi) is 4.02. The molecule has 0 unspecified atom stereocenters. The summed E-state index contributed by atoms with van der Waals surface area (Å²) in [5.74, 6) is 1.77. The van der Waals surface area contributed by atoms with Gasteiger partial charge in [0.15, 0.2) is 0 Å². The lowest BCUT2D eigenvalue weighted by Crippen LogP contribution is -2.15. The summed E-state index contributed by atoms with van der Waals surface area (Å²) < 4.78 is 5.79. The Bertz CT molecular complexity index is 613. The first-order valence-corrected chi connectivity index (χ1v) is 6.36. The van der Waals surface area contributed by atoms with Gasteiger partial charge in [-0.15, -0.1) is 0 Å². The molecule has 20 heavy (non-hydrogen) atoms. The van der Waals surface area contributed by atoms with E-state index in [4.69, 9.17) is 4.74 Å². The van der Waals surface area contributed by atoms with Gasteiger partial charge in [-0.2, -0.15) is 15.0 Å². The molecule has 6 nitrogen and oxygen atoms in total. The number of rotatable bonds is 4. The Morgan fingerprint density at radius 1 is 1.10 bits per heavy atom.